The molecule has 1 saturated heterocycles. The normalized spacial score (nSPS) is 20.5. The van der Waals surface area contributed by atoms with Crippen LogP contribution in [0.3, 0.4) is 0 Å². The molecule has 3 amide bonds. The van der Waals surface area contributed by atoms with E-state index in [-0.39, 0.29) is 18.5 Å². The minimum Gasteiger partial charge on any atom is -0.347 e. The summed E-state index contributed by atoms with van der Waals surface area (Å²) < 4.78 is 0. The number of rotatable bonds is 3. The van der Waals surface area contributed by atoms with Crippen molar-refractivity contribution in [2.45, 2.75) is 44.2 Å². The Morgan fingerprint density at radius 3 is 2.57 bits per heavy atom. The number of urea groups is 1. The molecule has 1 aromatic rings. The van der Waals surface area contributed by atoms with E-state index < -0.39 is 5.54 Å². The number of imide groups is 1. The number of carbonyl (C=O) groups excluding carboxylic acids is 2. The summed E-state index contributed by atoms with van der Waals surface area (Å²) in [4.78, 5) is 38.9. The van der Waals surface area contributed by atoms with E-state index in [0.717, 1.165) is 32.1 Å². The maximum absolute atomic E-state index is 12.9. The van der Waals surface area contributed by atoms with Gasteiger partial charge in [0.05, 0.1) is 12.2 Å². The van der Waals surface area contributed by atoms with E-state index in [2.05, 4.69) is 9.97 Å². The van der Waals surface area contributed by atoms with Gasteiger partial charge in [-0.15, -0.1) is 0 Å². The maximum Gasteiger partial charge on any atom is 0.327 e. The Morgan fingerprint density at radius 1 is 1.22 bits per heavy atom. The fourth-order valence-electron chi connectivity index (χ4n) is 3.52. The molecule has 124 valence electrons. The second-order valence-corrected chi connectivity index (χ2v) is 6.57. The lowest BCUT2D eigenvalue weighted by atomic mass is 9.81. The molecule has 0 radical (unpaired) electrons. The standard InChI is InChI=1S/C16H23N5O2/c1-19(2)14-17-10-7-12(18-14)11-21-13(22)16(20(3)15(21)23)8-5-4-6-9-16/h7,10H,4-6,8-9,11H2,1-3H3. The van der Waals surface area contributed by atoms with Gasteiger partial charge in [0.15, 0.2) is 0 Å². The summed E-state index contributed by atoms with van der Waals surface area (Å²) >= 11 is 0. The van der Waals surface area contributed by atoms with Crippen LogP contribution >= 0.6 is 0 Å². The van der Waals surface area contributed by atoms with Gasteiger partial charge in [0.25, 0.3) is 5.91 Å². The molecule has 1 spiro atoms. The van der Waals surface area contributed by atoms with E-state index in [4.69, 9.17) is 0 Å². The zero-order valence-electron chi connectivity index (χ0n) is 13.9. The van der Waals surface area contributed by atoms with Crippen LogP contribution in [0.1, 0.15) is 37.8 Å². The molecule has 0 unspecified atom stereocenters. The molecule has 2 aliphatic rings. The average Bonchev–Trinajstić information content (AvgIpc) is 2.72. The number of aromatic nitrogens is 2. The number of hydrogen-bond acceptors (Lipinski definition) is 5. The van der Waals surface area contributed by atoms with Crippen LogP contribution in [0.5, 0.6) is 0 Å². The lowest BCUT2D eigenvalue weighted by molar-refractivity contribution is -0.134. The third kappa shape index (κ3) is 2.54. The van der Waals surface area contributed by atoms with Gasteiger partial charge >= 0.3 is 6.03 Å². The summed E-state index contributed by atoms with van der Waals surface area (Å²) in [6.07, 6.45) is 6.30. The van der Waals surface area contributed by atoms with Crippen molar-refractivity contribution >= 4 is 17.9 Å². The van der Waals surface area contributed by atoms with Crippen molar-refractivity contribution in [2.24, 2.45) is 0 Å². The summed E-state index contributed by atoms with van der Waals surface area (Å²) in [6.45, 7) is 0.202. The molecule has 0 bridgehead atoms. The zero-order valence-corrected chi connectivity index (χ0v) is 13.9. The minimum absolute atomic E-state index is 0.0743. The molecule has 7 nitrogen and oxygen atoms in total. The molecule has 0 atom stereocenters. The van der Waals surface area contributed by atoms with Crippen LogP contribution in [0.4, 0.5) is 10.7 Å². The highest BCUT2D eigenvalue weighted by molar-refractivity contribution is 6.06. The van der Waals surface area contributed by atoms with Crippen LogP contribution in [0.2, 0.25) is 0 Å². The SMILES string of the molecule is CN(C)c1nccc(CN2C(=O)N(C)C3(CCCCC3)C2=O)n1. The largest absolute Gasteiger partial charge is 0.347 e. The Balaban J connectivity index is 1.84. The third-order valence-electron chi connectivity index (χ3n) is 4.90. The van der Waals surface area contributed by atoms with Crippen LogP contribution < -0.4 is 4.90 Å². The molecule has 2 heterocycles. The number of hydrogen-bond donors (Lipinski definition) is 0. The molecule has 1 saturated carbocycles. The van der Waals surface area contributed by atoms with Crippen molar-refractivity contribution in [1.82, 2.24) is 19.8 Å². The first-order valence-electron chi connectivity index (χ1n) is 8.05. The van der Waals surface area contributed by atoms with Crippen molar-refractivity contribution in [2.75, 3.05) is 26.0 Å². The van der Waals surface area contributed by atoms with E-state index in [9.17, 15) is 9.59 Å². The van der Waals surface area contributed by atoms with Gasteiger partial charge in [-0.2, -0.15) is 0 Å². The summed E-state index contributed by atoms with van der Waals surface area (Å²) in [6, 6.07) is 1.53. The van der Waals surface area contributed by atoms with Crippen molar-refractivity contribution < 1.29 is 9.59 Å². The molecule has 23 heavy (non-hydrogen) atoms. The summed E-state index contributed by atoms with van der Waals surface area (Å²) in [5.41, 5.74) is 0.0406. The molecule has 2 fully saturated rings. The van der Waals surface area contributed by atoms with Crippen molar-refractivity contribution in [3.8, 4) is 0 Å². The van der Waals surface area contributed by atoms with Gasteiger partial charge in [-0.3, -0.25) is 9.69 Å². The second kappa shape index (κ2) is 5.79. The van der Waals surface area contributed by atoms with Crippen molar-refractivity contribution in [3.63, 3.8) is 0 Å². The van der Waals surface area contributed by atoms with Gasteiger partial charge in [-0.25, -0.2) is 14.8 Å². The number of amides is 3. The lowest BCUT2D eigenvalue weighted by Gasteiger charge is -2.35. The molecule has 1 aromatic heterocycles. The first kappa shape index (κ1) is 15.7. The van der Waals surface area contributed by atoms with E-state index >= 15 is 0 Å². The molecule has 1 aliphatic heterocycles. The highest BCUT2D eigenvalue weighted by Gasteiger charge is 2.55. The lowest BCUT2D eigenvalue weighted by Crippen LogP contribution is -2.49. The molecule has 0 N–H and O–H groups in total. The van der Waals surface area contributed by atoms with Gasteiger partial charge in [0, 0.05) is 27.3 Å². The predicted molar refractivity (Wildman–Crippen MR) is 85.9 cm³/mol. The maximum atomic E-state index is 12.9. The Morgan fingerprint density at radius 2 is 1.91 bits per heavy atom. The van der Waals surface area contributed by atoms with Crippen LogP contribution in [-0.4, -0.2) is 58.4 Å². The molecule has 0 aromatic carbocycles. The van der Waals surface area contributed by atoms with Crippen LogP contribution in [0, 0.1) is 0 Å². The summed E-state index contributed by atoms with van der Waals surface area (Å²) in [5, 5.41) is 0. The Hall–Kier alpha value is -2.18. The number of carbonyl (C=O) groups is 2. The van der Waals surface area contributed by atoms with Crippen molar-refractivity contribution in [3.05, 3.63) is 18.0 Å². The highest BCUT2D eigenvalue weighted by Crippen LogP contribution is 2.39. The fraction of sp³-hybridized carbons (Fsp3) is 0.625. The quantitative estimate of drug-likeness (QED) is 0.793. The number of likely N-dealkylation sites (N-methyl/N-ethyl adjacent to an activating group) is 1. The number of nitrogens with zero attached hydrogens (tertiary/aromatic N) is 5. The molecule has 1 aliphatic carbocycles. The summed E-state index contributed by atoms with van der Waals surface area (Å²) in [5.74, 6) is 0.497. The van der Waals surface area contributed by atoms with E-state index in [1.807, 2.05) is 14.1 Å². The fourth-order valence-corrected chi connectivity index (χ4v) is 3.52. The van der Waals surface area contributed by atoms with Gasteiger partial charge in [-0.05, 0) is 18.9 Å². The van der Waals surface area contributed by atoms with Crippen LogP contribution in [0.15, 0.2) is 12.3 Å². The predicted octanol–water partition coefficient (Wildman–Crippen LogP) is 1.64. The molecular formula is C16H23N5O2. The van der Waals surface area contributed by atoms with E-state index in [0.29, 0.717) is 11.6 Å². The Bertz CT molecular complexity index is 625. The Kier molecular flexibility index (Phi) is 3.95. The molecule has 7 heteroatoms. The first-order chi connectivity index (χ1) is 11.0. The van der Waals surface area contributed by atoms with Gasteiger partial charge in [0.1, 0.15) is 5.54 Å². The minimum atomic E-state index is -0.632. The average molecular weight is 317 g/mol. The summed E-state index contributed by atoms with van der Waals surface area (Å²) in [7, 11) is 5.46. The second-order valence-electron chi connectivity index (χ2n) is 6.57. The topological polar surface area (TPSA) is 69.6 Å². The monoisotopic (exact) mass is 317 g/mol. The van der Waals surface area contributed by atoms with Crippen molar-refractivity contribution in [1.29, 1.82) is 0 Å². The third-order valence-corrected chi connectivity index (χ3v) is 4.90. The van der Waals surface area contributed by atoms with Crippen LogP contribution in [0.25, 0.3) is 0 Å². The number of anilines is 1. The van der Waals surface area contributed by atoms with Gasteiger partial charge < -0.3 is 9.80 Å². The smallest absolute Gasteiger partial charge is 0.327 e. The van der Waals surface area contributed by atoms with Gasteiger partial charge in [0.2, 0.25) is 5.95 Å². The highest BCUT2D eigenvalue weighted by atomic mass is 16.2. The molecule has 3 rings (SSSR count). The Labute approximate surface area is 136 Å². The zero-order chi connectivity index (χ0) is 16.6. The van der Waals surface area contributed by atoms with E-state index in [1.54, 1.807) is 29.1 Å². The van der Waals surface area contributed by atoms with Gasteiger partial charge in [-0.1, -0.05) is 19.3 Å². The molecular weight excluding hydrogens is 294 g/mol. The van der Waals surface area contributed by atoms with E-state index in [1.165, 1.54) is 4.90 Å². The van der Waals surface area contributed by atoms with Crippen LogP contribution in [-0.2, 0) is 11.3 Å². The first-order valence-corrected chi connectivity index (χ1v) is 8.05.